The van der Waals surface area contributed by atoms with Gasteiger partial charge in [-0.05, 0) is 38.9 Å². The third-order valence-electron chi connectivity index (χ3n) is 3.52. The van der Waals surface area contributed by atoms with Gasteiger partial charge in [-0.1, -0.05) is 0 Å². The van der Waals surface area contributed by atoms with Gasteiger partial charge in [0.2, 0.25) is 0 Å². The highest BCUT2D eigenvalue weighted by Gasteiger charge is 2.19. The maximum absolute atomic E-state index is 4.04. The van der Waals surface area contributed by atoms with Crippen molar-refractivity contribution in [1.29, 1.82) is 0 Å². The van der Waals surface area contributed by atoms with Gasteiger partial charge in [0, 0.05) is 29.1 Å². The van der Waals surface area contributed by atoms with Crippen molar-refractivity contribution in [2.24, 2.45) is 0 Å². The quantitative estimate of drug-likeness (QED) is 0.848. The van der Waals surface area contributed by atoms with E-state index in [1.54, 1.807) is 0 Å². The lowest BCUT2D eigenvalue weighted by atomic mass is 9.95. The van der Waals surface area contributed by atoms with E-state index in [1.807, 2.05) is 18.0 Å². The van der Waals surface area contributed by atoms with Crippen LogP contribution in [0, 0.1) is 6.92 Å². The molecule has 0 bridgehead atoms. The second kappa shape index (κ2) is 5.73. The van der Waals surface area contributed by atoms with Crippen LogP contribution in [0.1, 0.15) is 36.9 Å². The molecule has 1 aromatic heterocycles. The molecular weight excluding hydrogens is 218 g/mol. The normalized spacial score (nSPS) is 25.9. The second-order valence-electron chi connectivity index (χ2n) is 4.61. The zero-order valence-corrected chi connectivity index (χ0v) is 10.9. The zero-order chi connectivity index (χ0) is 11.4. The molecule has 0 aliphatic heterocycles. The average Bonchev–Trinajstić information content (AvgIpc) is 2.73. The number of nitrogens with one attached hydrogen (secondary N) is 2. The van der Waals surface area contributed by atoms with Gasteiger partial charge in [0.05, 0.1) is 6.20 Å². The summed E-state index contributed by atoms with van der Waals surface area (Å²) in [6.45, 7) is 3.03. The SMILES string of the molecule is CSC1CCC(NCc2cn[nH]c2C)CC1. The van der Waals surface area contributed by atoms with Crippen molar-refractivity contribution in [2.45, 2.75) is 50.4 Å². The molecule has 0 unspecified atom stereocenters. The zero-order valence-electron chi connectivity index (χ0n) is 10.1. The molecule has 0 amide bonds. The third-order valence-corrected chi connectivity index (χ3v) is 4.66. The van der Waals surface area contributed by atoms with E-state index in [2.05, 4.69) is 28.7 Å². The first kappa shape index (κ1) is 12.0. The number of nitrogens with zero attached hydrogens (tertiary/aromatic N) is 1. The highest BCUT2D eigenvalue weighted by Crippen LogP contribution is 2.26. The van der Waals surface area contributed by atoms with Gasteiger partial charge in [0.15, 0.2) is 0 Å². The highest BCUT2D eigenvalue weighted by atomic mass is 32.2. The summed E-state index contributed by atoms with van der Waals surface area (Å²) in [5.41, 5.74) is 2.48. The molecular formula is C12H21N3S. The minimum absolute atomic E-state index is 0.706. The summed E-state index contributed by atoms with van der Waals surface area (Å²) in [5.74, 6) is 0. The molecule has 1 aromatic rings. The molecule has 4 heteroatoms. The highest BCUT2D eigenvalue weighted by molar-refractivity contribution is 7.99. The van der Waals surface area contributed by atoms with E-state index >= 15 is 0 Å². The summed E-state index contributed by atoms with van der Waals surface area (Å²) in [6.07, 6.45) is 9.53. The Balaban J connectivity index is 1.73. The Morgan fingerprint density at radius 2 is 2.19 bits per heavy atom. The molecule has 2 rings (SSSR count). The summed E-state index contributed by atoms with van der Waals surface area (Å²) in [4.78, 5) is 0. The Hall–Kier alpha value is -0.480. The maximum atomic E-state index is 4.04. The molecule has 1 aliphatic carbocycles. The fourth-order valence-electron chi connectivity index (χ4n) is 2.31. The van der Waals surface area contributed by atoms with Crippen LogP contribution in [0.3, 0.4) is 0 Å². The van der Waals surface area contributed by atoms with E-state index in [1.165, 1.54) is 36.9 Å². The Bertz CT molecular complexity index is 316. The molecule has 0 radical (unpaired) electrons. The number of aryl methyl sites for hydroxylation is 1. The molecule has 0 spiro atoms. The van der Waals surface area contributed by atoms with Crippen LogP contribution in [0.2, 0.25) is 0 Å². The molecule has 90 valence electrons. The smallest absolute Gasteiger partial charge is 0.0535 e. The van der Waals surface area contributed by atoms with Crippen molar-refractivity contribution in [2.75, 3.05) is 6.26 Å². The van der Waals surface area contributed by atoms with E-state index in [4.69, 9.17) is 0 Å². The molecule has 2 N–H and O–H groups in total. The van der Waals surface area contributed by atoms with Crippen LogP contribution in [0.25, 0.3) is 0 Å². The van der Waals surface area contributed by atoms with E-state index in [-0.39, 0.29) is 0 Å². The van der Waals surface area contributed by atoms with Crippen molar-refractivity contribution in [1.82, 2.24) is 15.5 Å². The van der Waals surface area contributed by atoms with Crippen LogP contribution >= 0.6 is 11.8 Å². The summed E-state index contributed by atoms with van der Waals surface area (Å²) in [6, 6.07) is 0.706. The molecule has 1 saturated carbocycles. The van der Waals surface area contributed by atoms with Crippen LogP contribution in [-0.2, 0) is 6.54 Å². The first-order chi connectivity index (χ1) is 7.79. The fraction of sp³-hybridized carbons (Fsp3) is 0.750. The first-order valence-electron chi connectivity index (χ1n) is 6.04. The van der Waals surface area contributed by atoms with Crippen molar-refractivity contribution in [3.63, 3.8) is 0 Å². The topological polar surface area (TPSA) is 40.7 Å². The Labute approximate surface area is 102 Å². The largest absolute Gasteiger partial charge is 0.310 e. The molecule has 1 fully saturated rings. The summed E-state index contributed by atoms with van der Waals surface area (Å²) in [5, 5.41) is 11.6. The molecule has 0 atom stereocenters. The lowest BCUT2D eigenvalue weighted by Gasteiger charge is -2.28. The molecule has 0 saturated heterocycles. The van der Waals surface area contributed by atoms with Gasteiger partial charge in [-0.2, -0.15) is 16.9 Å². The minimum Gasteiger partial charge on any atom is -0.310 e. The number of thioether (sulfide) groups is 1. The Morgan fingerprint density at radius 3 is 2.75 bits per heavy atom. The van der Waals surface area contributed by atoms with Crippen molar-refractivity contribution in [3.8, 4) is 0 Å². The molecule has 16 heavy (non-hydrogen) atoms. The van der Waals surface area contributed by atoms with E-state index in [0.29, 0.717) is 6.04 Å². The lowest BCUT2D eigenvalue weighted by Crippen LogP contribution is -2.33. The average molecular weight is 239 g/mol. The first-order valence-corrected chi connectivity index (χ1v) is 7.33. The van der Waals surface area contributed by atoms with Crippen molar-refractivity contribution >= 4 is 11.8 Å². The lowest BCUT2D eigenvalue weighted by molar-refractivity contribution is 0.378. The molecule has 0 aromatic carbocycles. The van der Waals surface area contributed by atoms with Gasteiger partial charge < -0.3 is 5.32 Å². The molecule has 1 heterocycles. The van der Waals surface area contributed by atoms with Gasteiger partial charge in [0.1, 0.15) is 0 Å². The number of aromatic amines is 1. The van der Waals surface area contributed by atoms with Gasteiger partial charge in [-0.3, -0.25) is 5.10 Å². The van der Waals surface area contributed by atoms with Gasteiger partial charge in [0.25, 0.3) is 0 Å². The minimum atomic E-state index is 0.706. The van der Waals surface area contributed by atoms with E-state index in [9.17, 15) is 0 Å². The third kappa shape index (κ3) is 3.01. The van der Waals surface area contributed by atoms with Crippen LogP contribution in [-0.4, -0.2) is 27.7 Å². The number of aromatic nitrogens is 2. The van der Waals surface area contributed by atoms with Crippen LogP contribution in [0.15, 0.2) is 6.20 Å². The van der Waals surface area contributed by atoms with Gasteiger partial charge in [-0.25, -0.2) is 0 Å². The summed E-state index contributed by atoms with van der Waals surface area (Å²) >= 11 is 2.02. The standard InChI is InChI=1S/C12H21N3S/c1-9-10(8-14-15-9)7-13-11-3-5-12(16-2)6-4-11/h8,11-13H,3-7H2,1-2H3,(H,14,15). The van der Waals surface area contributed by atoms with Crippen LogP contribution < -0.4 is 5.32 Å². The van der Waals surface area contributed by atoms with Gasteiger partial charge >= 0.3 is 0 Å². The second-order valence-corrected chi connectivity index (χ2v) is 5.75. The summed E-state index contributed by atoms with van der Waals surface area (Å²) < 4.78 is 0. The van der Waals surface area contributed by atoms with Crippen molar-refractivity contribution < 1.29 is 0 Å². The van der Waals surface area contributed by atoms with E-state index < -0.39 is 0 Å². The predicted octanol–water partition coefficient (Wildman–Crippen LogP) is 2.48. The van der Waals surface area contributed by atoms with E-state index in [0.717, 1.165) is 11.8 Å². The number of hydrogen-bond donors (Lipinski definition) is 2. The number of rotatable bonds is 4. The number of H-pyrrole nitrogens is 1. The van der Waals surface area contributed by atoms with Crippen LogP contribution in [0.4, 0.5) is 0 Å². The Morgan fingerprint density at radius 1 is 1.44 bits per heavy atom. The number of hydrogen-bond acceptors (Lipinski definition) is 3. The molecule has 3 nitrogen and oxygen atoms in total. The van der Waals surface area contributed by atoms with Crippen LogP contribution in [0.5, 0.6) is 0 Å². The van der Waals surface area contributed by atoms with Crippen molar-refractivity contribution in [3.05, 3.63) is 17.5 Å². The summed E-state index contributed by atoms with van der Waals surface area (Å²) in [7, 11) is 0. The monoisotopic (exact) mass is 239 g/mol. The molecule has 1 aliphatic rings. The fourth-order valence-corrected chi connectivity index (χ4v) is 3.05. The Kier molecular flexibility index (Phi) is 4.29. The predicted molar refractivity (Wildman–Crippen MR) is 69.7 cm³/mol. The maximum Gasteiger partial charge on any atom is 0.0535 e. The van der Waals surface area contributed by atoms with Gasteiger partial charge in [-0.15, -0.1) is 0 Å².